The summed E-state index contributed by atoms with van der Waals surface area (Å²) < 4.78 is 26.9. The van der Waals surface area contributed by atoms with Crippen molar-refractivity contribution in [3.8, 4) is 0 Å². The Balaban J connectivity index is 1.25. The number of piperidine rings is 1. The minimum absolute atomic E-state index is 0.0300. The molecule has 1 aromatic carbocycles. The number of carbonyl (C=O) groups is 1. The molecule has 7 heteroatoms. The van der Waals surface area contributed by atoms with Gasteiger partial charge in [-0.05, 0) is 30.7 Å². The first-order valence-corrected chi connectivity index (χ1v) is 12.8. The molecule has 0 spiro atoms. The average Bonchev–Trinajstić information content (AvgIpc) is 2.74. The fraction of sp³-hybridized carbons (Fsp3) is 0.682. The quantitative estimate of drug-likeness (QED) is 0.765. The fourth-order valence-corrected chi connectivity index (χ4v) is 6.89. The molecule has 1 amide bonds. The molecule has 3 atom stereocenters. The van der Waals surface area contributed by atoms with Crippen molar-refractivity contribution in [1.29, 1.82) is 0 Å². The highest BCUT2D eigenvalue weighted by molar-refractivity contribution is 7.88. The van der Waals surface area contributed by atoms with Gasteiger partial charge in [-0.2, -0.15) is 4.31 Å². The SMILES string of the molecule is O=C(C[NH+]1CC[C@@H]2CCCC[C@@H]2C1)N1CCN(S(=O)(=O)Cc2ccccc2)CC1. The molecular formula is C22H34N3O3S+. The Kier molecular flexibility index (Phi) is 6.56. The van der Waals surface area contributed by atoms with Gasteiger partial charge in [-0.15, -0.1) is 0 Å². The Bertz CT molecular complexity index is 791. The first kappa shape index (κ1) is 20.8. The molecule has 29 heavy (non-hydrogen) atoms. The number of nitrogens with one attached hydrogen (secondary N) is 1. The maximum atomic E-state index is 12.8. The molecule has 2 saturated heterocycles. The standard InChI is InChI=1S/C22H33N3O3S/c26-22(17-23-11-10-20-8-4-5-9-21(20)16-23)24-12-14-25(15-13-24)29(27,28)18-19-6-2-1-3-7-19/h1-3,6-7,20-21H,4-5,8-18H2/p+1/t20-,21+/m0/s1. The zero-order valence-corrected chi connectivity index (χ0v) is 18.1. The van der Waals surface area contributed by atoms with Gasteiger partial charge in [0.1, 0.15) is 0 Å². The van der Waals surface area contributed by atoms with E-state index < -0.39 is 10.0 Å². The summed E-state index contributed by atoms with van der Waals surface area (Å²) in [6, 6.07) is 9.30. The van der Waals surface area contributed by atoms with Crippen LogP contribution in [-0.2, 0) is 20.6 Å². The Labute approximate surface area is 174 Å². The number of hydrogen-bond donors (Lipinski definition) is 1. The molecule has 0 bridgehead atoms. The Hall–Kier alpha value is -1.44. The van der Waals surface area contributed by atoms with Crippen LogP contribution in [0.3, 0.4) is 0 Å². The number of rotatable bonds is 5. The van der Waals surface area contributed by atoms with Crippen LogP contribution in [0.4, 0.5) is 0 Å². The minimum atomic E-state index is -3.34. The number of sulfonamides is 1. The van der Waals surface area contributed by atoms with E-state index in [1.54, 1.807) is 4.31 Å². The van der Waals surface area contributed by atoms with Crippen LogP contribution in [0.15, 0.2) is 30.3 Å². The highest BCUT2D eigenvalue weighted by atomic mass is 32.2. The van der Waals surface area contributed by atoms with E-state index >= 15 is 0 Å². The molecule has 1 unspecified atom stereocenters. The molecule has 2 aliphatic heterocycles. The molecule has 1 aromatic rings. The normalized spacial score (nSPS) is 28.7. The van der Waals surface area contributed by atoms with E-state index in [1.807, 2.05) is 35.2 Å². The number of piperazine rings is 1. The van der Waals surface area contributed by atoms with Crippen LogP contribution in [-0.4, -0.2) is 69.3 Å². The van der Waals surface area contributed by atoms with Gasteiger partial charge in [0.25, 0.3) is 5.91 Å². The molecule has 0 radical (unpaired) electrons. The van der Waals surface area contributed by atoms with Crippen LogP contribution in [0.25, 0.3) is 0 Å². The molecule has 1 saturated carbocycles. The second-order valence-electron chi connectivity index (χ2n) is 9.00. The number of likely N-dealkylation sites (tertiary alicyclic amines) is 1. The Morgan fingerprint density at radius 3 is 2.38 bits per heavy atom. The van der Waals surface area contributed by atoms with Gasteiger partial charge < -0.3 is 9.80 Å². The van der Waals surface area contributed by atoms with Gasteiger partial charge in [0.15, 0.2) is 6.54 Å². The predicted molar refractivity (Wildman–Crippen MR) is 113 cm³/mol. The first-order chi connectivity index (χ1) is 14.0. The van der Waals surface area contributed by atoms with E-state index in [4.69, 9.17) is 0 Å². The number of benzene rings is 1. The zero-order chi connectivity index (χ0) is 20.3. The molecule has 6 nitrogen and oxygen atoms in total. The van der Waals surface area contributed by atoms with E-state index in [9.17, 15) is 13.2 Å². The summed E-state index contributed by atoms with van der Waals surface area (Å²) in [6.07, 6.45) is 6.71. The van der Waals surface area contributed by atoms with Crippen molar-refractivity contribution in [2.24, 2.45) is 11.8 Å². The van der Waals surface area contributed by atoms with Crippen LogP contribution in [0.1, 0.15) is 37.7 Å². The summed E-state index contributed by atoms with van der Waals surface area (Å²) in [4.78, 5) is 16.1. The third-order valence-electron chi connectivity index (χ3n) is 7.06. The van der Waals surface area contributed by atoms with Crippen LogP contribution < -0.4 is 4.90 Å². The largest absolute Gasteiger partial charge is 0.335 e. The van der Waals surface area contributed by atoms with Crippen molar-refractivity contribution in [2.45, 2.75) is 37.9 Å². The third kappa shape index (κ3) is 5.19. The summed E-state index contributed by atoms with van der Waals surface area (Å²) in [6.45, 7) is 4.64. The molecule has 2 heterocycles. The lowest BCUT2D eigenvalue weighted by atomic mass is 9.75. The predicted octanol–water partition coefficient (Wildman–Crippen LogP) is 0.756. The van der Waals surface area contributed by atoms with Crippen LogP contribution in [0.5, 0.6) is 0 Å². The summed E-state index contributed by atoms with van der Waals surface area (Å²) in [7, 11) is -3.34. The Morgan fingerprint density at radius 1 is 0.966 bits per heavy atom. The lowest BCUT2D eigenvalue weighted by Gasteiger charge is -2.39. The number of fused-ring (bicyclic) bond motifs is 1. The summed E-state index contributed by atoms with van der Waals surface area (Å²) in [5.74, 6) is 1.91. The smallest absolute Gasteiger partial charge is 0.277 e. The highest BCUT2D eigenvalue weighted by Gasteiger charge is 2.36. The maximum absolute atomic E-state index is 12.8. The summed E-state index contributed by atoms with van der Waals surface area (Å²) in [5.41, 5.74) is 0.806. The monoisotopic (exact) mass is 420 g/mol. The number of nitrogens with zero attached hydrogens (tertiary/aromatic N) is 2. The van der Waals surface area contributed by atoms with Gasteiger partial charge in [-0.25, -0.2) is 8.42 Å². The van der Waals surface area contributed by atoms with E-state index in [-0.39, 0.29) is 11.7 Å². The molecular weight excluding hydrogens is 386 g/mol. The van der Waals surface area contributed by atoms with Gasteiger partial charge in [0.2, 0.25) is 10.0 Å². The van der Waals surface area contributed by atoms with Crippen molar-refractivity contribution in [3.63, 3.8) is 0 Å². The van der Waals surface area contributed by atoms with Gasteiger partial charge in [0, 0.05) is 32.1 Å². The van der Waals surface area contributed by atoms with Crippen molar-refractivity contribution in [1.82, 2.24) is 9.21 Å². The number of quaternary nitrogens is 1. The van der Waals surface area contributed by atoms with E-state index in [1.165, 1.54) is 37.0 Å². The third-order valence-corrected chi connectivity index (χ3v) is 8.91. The average molecular weight is 421 g/mol. The highest BCUT2D eigenvalue weighted by Crippen LogP contribution is 2.32. The van der Waals surface area contributed by atoms with Gasteiger partial charge in [0.05, 0.1) is 18.8 Å². The second-order valence-corrected chi connectivity index (χ2v) is 11.0. The van der Waals surface area contributed by atoms with Crippen molar-refractivity contribution in [2.75, 3.05) is 45.8 Å². The van der Waals surface area contributed by atoms with E-state index in [2.05, 4.69) is 0 Å². The Morgan fingerprint density at radius 2 is 1.66 bits per heavy atom. The van der Waals surface area contributed by atoms with Crippen molar-refractivity contribution < 1.29 is 18.1 Å². The van der Waals surface area contributed by atoms with E-state index in [0.29, 0.717) is 32.7 Å². The molecule has 0 aromatic heterocycles. The molecule has 3 fully saturated rings. The zero-order valence-electron chi connectivity index (χ0n) is 17.3. The fourth-order valence-electron chi connectivity index (χ4n) is 5.37. The topological polar surface area (TPSA) is 62.1 Å². The first-order valence-electron chi connectivity index (χ1n) is 11.1. The molecule has 4 rings (SSSR count). The lowest BCUT2D eigenvalue weighted by Crippen LogP contribution is -3.15. The molecule has 1 N–H and O–H groups in total. The molecule has 3 aliphatic rings. The van der Waals surface area contributed by atoms with Gasteiger partial charge in [-0.1, -0.05) is 43.2 Å². The van der Waals surface area contributed by atoms with Crippen LogP contribution in [0, 0.1) is 11.8 Å². The van der Waals surface area contributed by atoms with Crippen molar-refractivity contribution in [3.05, 3.63) is 35.9 Å². The van der Waals surface area contributed by atoms with Crippen molar-refractivity contribution >= 4 is 15.9 Å². The number of amides is 1. The number of hydrogen-bond acceptors (Lipinski definition) is 3. The molecule has 160 valence electrons. The summed E-state index contributed by atoms with van der Waals surface area (Å²) in [5, 5.41) is 0. The van der Waals surface area contributed by atoms with Gasteiger partial charge in [-0.3, -0.25) is 4.79 Å². The van der Waals surface area contributed by atoms with Gasteiger partial charge >= 0.3 is 0 Å². The summed E-state index contributed by atoms with van der Waals surface area (Å²) >= 11 is 0. The van der Waals surface area contributed by atoms with E-state index in [0.717, 1.165) is 30.5 Å². The minimum Gasteiger partial charge on any atom is -0.335 e. The number of carbonyl (C=O) groups excluding carboxylic acids is 1. The maximum Gasteiger partial charge on any atom is 0.277 e. The lowest BCUT2D eigenvalue weighted by molar-refractivity contribution is -0.903. The van der Waals surface area contributed by atoms with Crippen LogP contribution in [0.2, 0.25) is 0 Å². The van der Waals surface area contributed by atoms with Crippen LogP contribution >= 0.6 is 0 Å². The second kappa shape index (κ2) is 9.14. The molecule has 1 aliphatic carbocycles.